The second-order valence-electron chi connectivity index (χ2n) is 4.94. The molecule has 2 atom stereocenters. The monoisotopic (exact) mass is 264 g/mol. The van der Waals surface area contributed by atoms with Crippen LogP contribution in [-0.4, -0.2) is 25.3 Å². The highest BCUT2D eigenvalue weighted by Gasteiger charge is 2.21. The molecule has 19 heavy (non-hydrogen) atoms. The van der Waals surface area contributed by atoms with Crippen molar-refractivity contribution in [1.29, 1.82) is 0 Å². The molecule has 4 heteroatoms. The molecule has 0 bridgehead atoms. The van der Waals surface area contributed by atoms with Crippen LogP contribution < -0.4 is 20.5 Å². The van der Waals surface area contributed by atoms with Crippen LogP contribution in [0.3, 0.4) is 0 Å². The van der Waals surface area contributed by atoms with Crippen molar-refractivity contribution in [3.63, 3.8) is 0 Å². The molecule has 0 radical (unpaired) electrons. The van der Waals surface area contributed by atoms with E-state index in [0.717, 1.165) is 36.4 Å². The minimum Gasteiger partial charge on any atom is -0.490 e. The Hall–Kier alpha value is -1.42. The molecular formula is C15H24N2O2. The summed E-state index contributed by atoms with van der Waals surface area (Å²) < 4.78 is 11.2. The molecule has 0 saturated heterocycles. The first-order chi connectivity index (χ1) is 9.22. The van der Waals surface area contributed by atoms with Crippen LogP contribution in [0.4, 0.5) is 5.69 Å². The van der Waals surface area contributed by atoms with E-state index in [1.165, 1.54) is 0 Å². The summed E-state index contributed by atoms with van der Waals surface area (Å²) in [4.78, 5) is 0. The molecule has 1 aromatic rings. The van der Waals surface area contributed by atoms with Gasteiger partial charge in [-0.1, -0.05) is 0 Å². The summed E-state index contributed by atoms with van der Waals surface area (Å²) in [7, 11) is 0. The fourth-order valence-corrected chi connectivity index (χ4v) is 2.52. The summed E-state index contributed by atoms with van der Waals surface area (Å²) in [5.74, 6) is 1.61. The molecular weight excluding hydrogens is 240 g/mol. The molecule has 4 nitrogen and oxygen atoms in total. The van der Waals surface area contributed by atoms with Gasteiger partial charge in [0, 0.05) is 23.8 Å². The molecule has 1 aliphatic rings. The number of ether oxygens (including phenoxy) is 2. The smallest absolute Gasteiger partial charge is 0.163 e. The number of hydrogen-bond acceptors (Lipinski definition) is 4. The van der Waals surface area contributed by atoms with Gasteiger partial charge in [-0.15, -0.1) is 0 Å². The van der Waals surface area contributed by atoms with Crippen LogP contribution in [0.2, 0.25) is 0 Å². The van der Waals surface area contributed by atoms with Gasteiger partial charge in [0.25, 0.3) is 0 Å². The van der Waals surface area contributed by atoms with E-state index < -0.39 is 0 Å². The molecule has 1 aromatic carbocycles. The standard InChI is InChI=1S/C15H24N2O2/c1-3-18-14-8-7-13(10-15(14)19-4-2)17-12-6-5-11(16)9-12/h7-8,10-12,17H,3-6,9,16H2,1-2H3. The van der Waals surface area contributed by atoms with E-state index in [1.54, 1.807) is 0 Å². The van der Waals surface area contributed by atoms with Gasteiger partial charge in [-0.25, -0.2) is 0 Å². The first-order valence-corrected chi connectivity index (χ1v) is 7.14. The number of nitrogens with one attached hydrogen (secondary N) is 1. The minimum absolute atomic E-state index is 0.339. The topological polar surface area (TPSA) is 56.5 Å². The van der Waals surface area contributed by atoms with Gasteiger partial charge >= 0.3 is 0 Å². The van der Waals surface area contributed by atoms with Gasteiger partial charge in [-0.3, -0.25) is 0 Å². The van der Waals surface area contributed by atoms with Crippen molar-refractivity contribution in [2.45, 2.75) is 45.2 Å². The third-order valence-corrected chi connectivity index (χ3v) is 3.39. The van der Waals surface area contributed by atoms with Crippen molar-refractivity contribution in [2.24, 2.45) is 5.73 Å². The van der Waals surface area contributed by atoms with Crippen LogP contribution in [0.1, 0.15) is 33.1 Å². The van der Waals surface area contributed by atoms with E-state index in [-0.39, 0.29) is 0 Å². The maximum absolute atomic E-state index is 5.94. The van der Waals surface area contributed by atoms with E-state index in [2.05, 4.69) is 5.32 Å². The number of anilines is 1. The zero-order valence-electron chi connectivity index (χ0n) is 11.8. The average molecular weight is 264 g/mol. The number of rotatable bonds is 6. The Bertz CT molecular complexity index is 409. The van der Waals surface area contributed by atoms with Crippen molar-refractivity contribution in [2.75, 3.05) is 18.5 Å². The molecule has 106 valence electrons. The molecule has 0 aromatic heterocycles. The highest BCUT2D eigenvalue weighted by atomic mass is 16.5. The molecule has 1 aliphatic carbocycles. The summed E-state index contributed by atoms with van der Waals surface area (Å²) >= 11 is 0. The van der Waals surface area contributed by atoms with Crippen LogP contribution in [-0.2, 0) is 0 Å². The third kappa shape index (κ3) is 3.77. The quantitative estimate of drug-likeness (QED) is 0.829. The Kier molecular flexibility index (Phi) is 4.91. The molecule has 2 rings (SSSR count). The summed E-state index contributed by atoms with van der Waals surface area (Å²) in [5.41, 5.74) is 7.01. The Morgan fingerprint density at radius 3 is 2.53 bits per heavy atom. The van der Waals surface area contributed by atoms with Crippen LogP contribution >= 0.6 is 0 Å². The fraction of sp³-hybridized carbons (Fsp3) is 0.600. The second kappa shape index (κ2) is 6.66. The van der Waals surface area contributed by atoms with Gasteiger partial charge < -0.3 is 20.5 Å². The predicted octanol–water partition coefficient (Wildman–Crippen LogP) is 2.78. The molecule has 0 aliphatic heterocycles. The first-order valence-electron chi connectivity index (χ1n) is 7.14. The van der Waals surface area contributed by atoms with Gasteiger partial charge in [-0.05, 0) is 45.2 Å². The van der Waals surface area contributed by atoms with Crippen LogP contribution in [0.15, 0.2) is 18.2 Å². The molecule has 0 amide bonds. The van der Waals surface area contributed by atoms with E-state index in [4.69, 9.17) is 15.2 Å². The molecule has 0 heterocycles. The normalized spacial score (nSPS) is 22.3. The third-order valence-electron chi connectivity index (χ3n) is 3.39. The van der Waals surface area contributed by atoms with Gasteiger partial charge in [0.05, 0.1) is 13.2 Å². The Morgan fingerprint density at radius 1 is 1.16 bits per heavy atom. The largest absolute Gasteiger partial charge is 0.490 e. The lowest BCUT2D eigenvalue weighted by atomic mass is 10.2. The summed E-state index contributed by atoms with van der Waals surface area (Å²) in [6.45, 7) is 5.23. The van der Waals surface area contributed by atoms with Crippen LogP contribution in [0, 0.1) is 0 Å². The molecule has 2 unspecified atom stereocenters. The van der Waals surface area contributed by atoms with Crippen LogP contribution in [0.5, 0.6) is 11.5 Å². The minimum atomic E-state index is 0.339. The Morgan fingerprint density at radius 2 is 1.89 bits per heavy atom. The lowest BCUT2D eigenvalue weighted by molar-refractivity contribution is 0.288. The van der Waals surface area contributed by atoms with Crippen molar-refractivity contribution in [1.82, 2.24) is 0 Å². The van der Waals surface area contributed by atoms with Crippen molar-refractivity contribution < 1.29 is 9.47 Å². The zero-order chi connectivity index (χ0) is 13.7. The predicted molar refractivity (Wildman–Crippen MR) is 78.0 cm³/mol. The number of benzene rings is 1. The number of hydrogen-bond donors (Lipinski definition) is 2. The zero-order valence-corrected chi connectivity index (χ0v) is 11.8. The number of nitrogens with two attached hydrogens (primary N) is 1. The van der Waals surface area contributed by atoms with Gasteiger partial charge in [0.1, 0.15) is 0 Å². The van der Waals surface area contributed by atoms with Gasteiger partial charge in [0.15, 0.2) is 11.5 Å². The molecule has 3 N–H and O–H groups in total. The second-order valence-corrected chi connectivity index (χ2v) is 4.94. The first kappa shape index (κ1) is 14.0. The van der Waals surface area contributed by atoms with Crippen molar-refractivity contribution in [3.8, 4) is 11.5 Å². The molecule has 0 spiro atoms. The van der Waals surface area contributed by atoms with Crippen LogP contribution in [0.25, 0.3) is 0 Å². The fourth-order valence-electron chi connectivity index (χ4n) is 2.52. The van der Waals surface area contributed by atoms with Crippen molar-refractivity contribution in [3.05, 3.63) is 18.2 Å². The molecule has 1 saturated carbocycles. The maximum Gasteiger partial charge on any atom is 0.163 e. The summed E-state index contributed by atoms with van der Waals surface area (Å²) in [5, 5.41) is 3.52. The Balaban J connectivity index is 2.06. The SMILES string of the molecule is CCOc1ccc(NC2CCC(N)C2)cc1OCC. The Labute approximate surface area is 115 Å². The van der Waals surface area contributed by atoms with Gasteiger partial charge in [0.2, 0.25) is 0 Å². The highest BCUT2D eigenvalue weighted by molar-refractivity contribution is 5.55. The highest BCUT2D eigenvalue weighted by Crippen LogP contribution is 2.32. The lowest BCUT2D eigenvalue weighted by Gasteiger charge is -2.17. The van der Waals surface area contributed by atoms with E-state index >= 15 is 0 Å². The van der Waals surface area contributed by atoms with E-state index in [9.17, 15) is 0 Å². The van der Waals surface area contributed by atoms with E-state index in [0.29, 0.717) is 25.3 Å². The lowest BCUT2D eigenvalue weighted by Crippen LogP contribution is -2.20. The van der Waals surface area contributed by atoms with Crippen molar-refractivity contribution >= 4 is 5.69 Å². The van der Waals surface area contributed by atoms with Gasteiger partial charge in [-0.2, -0.15) is 0 Å². The molecule has 1 fully saturated rings. The maximum atomic E-state index is 5.94. The average Bonchev–Trinajstić information content (AvgIpc) is 2.79. The summed E-state index contributed by atoms with van der Waals surface area (Å²) in [6.07, 6.45) is 3.28. The van der Waals surface area contributed by atoms with E-state index in [1.807, 2.05) is 32.0 Å². The summed E-state index contributed by atoms with van der Waals surface area (Å²) in [6, 6.07) is 6.83.